The van der Waals surface area contributed by atoms with E-state index in [1.807, 2.05) is 0 Å². The first-order chi connectivity index (χ1) is 11.5. The summed E-state index contributed by atoms with van der Waals surface area (Å²) in [6, 6.07) is 4.91. The Morgan fingerprint density at radius 3 is 2.24 bits per heavy atom. The predicted molar refractivity (Wildman–Crippen MR) is 82.9 cm³/mol. The number of rotatable bonds is 7. The van der Waals surface area contributed by atoms with Crippen LogP contribution in [0.2, 0.25) is 0 Å². The maximum atomic E-state index is 12.4. The van der Waals surface area contributed by atoms with E-state index in [1.54, 1.807) is 6.92 Å². The van der Waals surface area contributed by atoms with Crippen molar-refractivity contribution < 1.29 is 32.6 Å². The molecule has 138 valence electrons. The fraction of sp³-hybridized carbons (Fsp3) is 0.529. The van der Waals surface area contributed by atoms with Crippen LogP contribution in [-0.4, -0.2) is 29.4 Å². The zero-order chi connectivity index (χ0) is 18.8. The van der Waals surface area contributed by atoms with Crippen LogP contribution in [0.5, 0.6) is 5.75 Å². The average Bonchev–Trinajstić information content (AvgIpc) is 3.27. The molecule has 1 aromatic carbocycles. The fourth-order valence-electron chi connectivity index (χ4n) is 2.53. The second-order valence-corrected chi connectivity index (χ2v) is 6.54. The number of alkyl halides is 3. The first kappa shape index (κ1) is 19.1. The van der Waals surface area contributed by atoms with Crippen LogP contribution in [0, 0.1) is 11.3 Å². The number of halogens is 3. The summed E-state index contributed by atoms with van der Waals surface area (Å²) in [5, 5.41) is 11.7. The van der Waals surface area contributed by atoms with Gasteiger partial charge in [-0.2, -0.15) is 0 Å². The van der Waals surface area contributed by atoms with Gasteiger partial charge in [-0.1, -0.05) is 12.1 Å². The molecule has 1 fully saturated rings. The number of hydrogen-bond acceptors (Lipinski definition) is 3. The van der Waals surface area contributed by atoms with Crippen LogP contribution in [0.1, 0.15) is 32.3 Å². The van der Waals surface area contributed by atoms with Crippen LogP contribution in [-0.2, 0) is 16.0 Å². The van der Waals surface area contributed by atoms with Gasteiger partial charge in [0.1, 0.15) is 5.75 Å². The van der Waals surface area contributed by atoms with Crippen molar-refractivity contribution in [3.8, 4) is 5.75 Å². The summed E-state index contributed by atoms with van der Waals surface area (Å²) in [4.78, 5) is 23.4. The minimum absolute atomic E-state index is 0.219. The van der Waals surface area contributed by atoms with E-state index in [0.29, 0.717) is 19.3 Å². The van der Waals surface area contributed by atoms with Crippen LogP contribution in [0.15, 0.2) is 24.3 Å². The number of benzene rings is 1. The van der Waals surface area contributed by atoms with Gasteiger partial charge in [-0.3, -0.25) is 9.59 Å². The van der Waals surface area contributed by atoms with E-state index in [4.69, 9.17) is 5.11 Å². The second-order valence-electron chi connectivity index (χ2n) is 6.54. The van der Waals surface area contributed by atoms with E-state index in [0.717, 1.165) is 5.56 Å². The molecule has 0 bridgehead atoms. The Morgan fingerprint density at radius 2 is 1.80 bits per heavy atom. The van der Waals surface area contributed by atoms with Crippen molar-refractivity contribution in [3.05, 3.63) is 29.8 Å². The number of carbonyl (C=O) groups excluding carboxylic acids is 1. The Kier molecular flexibility index (Phi) is 5.29. The lowest BCUT2D eigenvalue weighted by molar-refractivity contribution is -0.274. The van der Waals surface area contributed by atoms with Gasteiger partial charge in [0, 0.05) is 6.04 Å². The predicted octanol–water partition coefficient (Wildman–Crippen LogP) is 3.13. The zero-order valence-corrected chi connectivity index (χ0v) is 13.9. The number of nitrogens with one attached hydrogen (secondary N) is 1. The van der Waals surface area contributed by atoms with Crippen molar-refractivity contribution in [2.75, 3.05) is 0 Å². The molecule has 0 spiro atoms. The highest BCUT2D eigenvalue weighted by Gasteiger charge is 2.50. The summed E-state index contributed by atoms with van der Waals surface area (Å²) in [6.45, 7) is 3.16. The van der Waals surface area contributed by atoms with Crippen molar-refractivity contribution >= 4 is 11.9 Å². The molecule has 5 nitrogen and oxygen atoms in total. The van der Waals surface area contributed by atoms with E-state index in [9.17, 15) is 22.8 Å². The molecule has 1 aliphatic carbocycles. The number of ether oxygens (including phenoxy) is 1. The summed E-state index contributed by atoms with van der Waals surface area (Å²) >= 11 is 0. The van der Waals surface area contributed by atoms with Gasteiger partial charge in [-0.05, 0) is 50.8 Å². The van der Waals surface area contributed by atoms with Gasteiger partial charge in [-0.15, -0.1) is 13.2 Å². The Balaban J connectivity index is 1.97. The molecule has 1 aliphatic rings. The number of aliphatic carboxylic acids is 1. The minimum Gasteiger partial charge on any atom is -0.481 e. The molecule has 1 saturated carbocycles. The monoisotopic (exact) mass is 359 g/mol. The van der Waals surface area contributed by atoms with E-state index in [2.05, 4.69) is 10.1 Å². The molecule has 0 radical (unpaired) electrons. The first-order valence-electron chi connectivity index (χ1n) is 7.91. The van der Waals surface area contributed by atoms with Gasteiger partial charge < -0.3 is 15.2 Å². The standard InChI is InChI=1S/C17H20F3NO4/c1-10(14(22)23)11(2)21-15(24)16(7-8-16)9-12-3-5-13(6-4-12)25-17(18,19)20/h3-6,10-11H,7-9H2,1-2H3,(H,21,24)(H,22,23). The van der Waals surface area contributed by atoms with Gasteiger partial charge >= 0.3 is 12.3 Å². The van der Waals surface area contributed by atoms with E-state index in [1.165, 1.54) is 31.2 Å². The maximum absolute atomic E-state index is 12.4. The summed E-state index contributed by atoms with van der Waals surface area (Å²) < 4.78 is 40.3. The molecule has 8 heteroatoms. The lowest BCUT2D eigenvalue weighted by Gasteiger charge is -2.22. The van der Waals surface area contributed by atoms with Crippen molar-refractivity contribution in [3.63, 3.8) is 0 Å². The fourth-order valence-corrected chi connectivity index (χ4v) is 2.53. The molecule has 25 heavy (non-hydrogen) atoms. The van der Waals surface area contributed by atoms with Gasteiger partial charge in [0.15, 0.2) is 0 Å². The molecular weight excluding hydrogens is 339 g/mol. The van der Waals surface area contributed by atoms with Gasteiger partial charge in [-0.25, -0.2) is 0 Å². The Morgan fingerprint density at radius 1 is 1.24 bits per heavy atom. The lowest BCUT2D eigenvalue weighted by atomic mass is 9.94. The quantitative estimate of drug-likeness (QED) is 0.784. The van der Waals surface area contributed by atoms with Gasteiger partial charge in [0.25, 0.3) is 0 Å². The van der Waals surface area contributed by atoms with Crippen LogP contribution in [0.3, 0.4) is 0 Å². The third kappa shape index (κ3) is 5.11. The SMILES string of the molecule is CC(NC(=O)C1(Cc2ccc(OC(F)(F)F)cc2)CC1)C(C)C(=O)O. The topological polar surface area (TPSA) is 75.6 Å². The number of carbonyl (C=O) groups is 2. The average molecular weight is 359 g/mol. The third-order valence-electron chi connectivity index (χ3n) is 4.53. The van der Waals surface area contributed by atoms with Crippen molar-refractivity contribution in [1.29, 1.82) is 0 Å². The zero-order valence-electron chi connectivity index (χ0n) is 13.9. The largest absolute Gasteiger partial charge is 0.573 e. The summed E-state index contributed by atoms with van der Waals surface area (Å²) in [7, 11) is 0. The number of carboxylic acids is 1. The van der Waals surface area contributed by atoms with E-state index < -0.39 is 29.7 Å². The molecule has 0 aromatic heterocycles. The normalized spacial score (nSPS) is 18.1. The molecule has 2 atom stereocenters. The van der Waals surface area contributed by atoms with Gasteiger partial charge in [0.2, 0.25) is 5.91 Å². The molecule has 1 aromatic rings. The Labute approximate surface area is 143 Å². The van der Waals surface area contributed by atoms with Gasteiger partial charge in [0.05, 0.1) is 11.3 Å². The Bertz CT molecular complexity index is 638. The summed E-state index contributed by atoms with van der Waals surface area (Å²) in [5.74, 6) is -2.23. The smallest absolute Gasteiger partial charge is 0.481 e. The van der Waals surface area contributed by atoms with Crippen LogP contribution in [0.25, 0.3) is 0 Å². The van der Waals surface area contributed by atoms with Crippen molar-refractivity contribution in [1.82, 2.24) is 5.32 Å². The third-order valence-corrected chi connectivity index (χ3v) is 4.53. The minimum atomic E-state index is -4.74. The molecule has 0 aliphatic heterocycles. The highest BCUT2D eigenvalue weighted by Crippen LogP contribution is 2.49. The summed E-state index contributed by atoms with van der Waals surface area (Å²) in [5.41, 5.74) is 0.111. The lowest BCUT2D eigenvalue weighted by Crippen LogP contribution is -2.44. The van der Waals surface area contributed by atoms with E-state index >= 15 is 0 Å². The molecule has 2 rings (SSSR count). The molecule has 2 unspecified atom stereocenters. The second kappa shape index (κ2) is 6.93. The summed E-state index contributed by atoms with van der Waals surface area (Å²) in [6.07, 6.45) is -3.03. The van der Waals surface area contributed by atoms with E-state index in [-0.39, 0.29) is 11.7 Å². The van der Waals surface area contributed by atoms with Crippen LogP contribution < -0.4 is 10.1 Å². The molecule has 1 amide bonds. The number of hydrogen-bond donors (Lipinski definition) is 2. The van der Waals surface area contributed by atoms with Crippen LogP contribution in [0.4, 0.5) is 13.2 Å². The maximum Gasteiger partial charge on any atom is 0.573 e. The number of carboxylic acid groups (broad SMARTS) is 1. The number of amides is 1. The molecule has 0 saturated heterocycles. The van der Waals surface area contributed by atoms with Crippen molar-refractivity contribution in [2.24, 2.45) is 11.3 Å². The molecule has 2 N–H and O–H groups in total. The van der Waals surface area contributed by atoms with Crippen molar-refractivity contribution in [2.45, 2.75) is 45.5 Å². The molecular formula is C17H20F3NO4. The first-order valence-corrected chi connectivity index (χ1v) is 7.91. The van der Waals surface area contributed by atoms with Crippen LogP contribution >= 0.6 is 0 Å². The highest BCUT2D eigenvalue weighted by atomic mass is 19.4. The highest BCUT2D eigenvalue weighted by molar-refractivity contribution is 5.86. The Hall–Kier alpha value is -2.25. The molecule has 0 heterocycles.